The molecule has 0 aliphatic carbocycles. The first-order chi connectivity index (χ1) is 12.5. The Balaban J connectivity index is 1.75. The highest BCUT2D eigenvalue weighted by atomic mass is 16.5. The van der Waals surface area contributed by atoms with E-state index >= 15 is 0 Å². The number of rotatable bonds is 5. The molecule has 3 rings (SSSR count). The normalized spacial score (nSPS) is 12.8. The van der Waals surface area contributed by atoms with Gasteiger partial charge >= 0.3 is 0 Å². The van der Waals surface area contributed by atoms with E-state index in [0.717, 1.165) is 16.8 Å². The number of aryl methyl sites for hydroxylation is 1. The van der Waals surface area contributed by atoms with E-state index in [0.29, 0.717) is 36.4 Å². The molecular formula is C20H22N2O4. The van der Waals surface area contributed by atoms with E-state index < -0.39 is 0 Å². The summed E-state index contributed by atoms with van der Waals surface area (Å²) in [5, 5.41) is 2.83. The number of hydrogen-bond donors (Lipinski definition) is 1. The van der Waals surface area contributed by atoms with E-state index in [-0.39, 0.29) is 11.8 Å². The van der Waals surface area contributed by atoms with Crippen molar-refractivity contribution >= 4 is 17.5 Å². The van der Waals surface area contributed by atoms with E-state index in [9.17, 15) is 9.59 Å². The molecule has 26 heavy (non-hydrogen) atoms. The average molecular weight is 354 g/mol. The smallest absolute Gasteiger partial charge is 0.253 e. The van der Waals surface area contributed by atoms with Crippen LogP contribution in [0.1, 0.15) is 27.9 Å². The van der Waals surface area contributed by atoms with Crippen LogP contribution in [0.2, 0.25) is 0 Å². The van der Waals surface area contributed by atoms with Crippen LogP contribution in [0.3, 0.4) is 0 Å². The molecule has 0 atom stereocenters. The summed E-state index contributed by atoms with van der Waals surface area (Å²) in [6.07, 6.45) is 1.10. The fraction of sp³-hybridized carbons (Fsp3) is 0.300. The molecule has 0 spiro atoms. The topological polar surface area (TPSA) is 67.9 Å². The number of nitrogens with zero attached hydrogens (tertiary/aromatic N) is 1. The molecule has 1 heterocycles. The minimum Gasteiger partial charge on any atom is -0.493 e. The van der Waals surface area contributed by atoms with Crippen molar-refractivity contribution in [1.29, 1.82) is 0 Å². The fourth-order valence-electron chi connectivity index (χ4n) is 3.06. The van der Waals surface area contributed by atoms with Gasteiger partial charge in [0.2, 0.25) is 5.91 Å². The number of anilines is 1. The van der Waals surface area contributed by atoms with Gasteiger partial charge in [-0.1, -0.05) is 6.07 Å². The third-order valence-electron chi connectivity index (χ3n) is 4.46. The highest BCUT2D eigenvalue weighted by molar-refractivity contribution is 5.97. The van der Waals surface area contributed by atoms with Crippen LogP contribution in [0, 0.1) is 0 Å². The zero-order valence-corrected chi connectivity index (χ0v) is 15.2. The van der Waals surface area contributed by atoms with Crippen LogP contribution in [0.4, 0.5) is 5.69 Å². The standard InChI is InChI=1S/C20H22N2O4/c1-22(12-13-4-8-17(25-2)18(10-13)26-3)20(24)15-5-7-16-14(11-15)6-9-19(23)21-16/h4-5,7-8,10-11H,6,9,12H2,1-3H3,(H,21,23). The molecule has 0 saturated carbocycles. The highest BCUT2D eigenvalue weighted by Gasteiger charge is 2.19. The number of methoxy groups -OCH3 is 2. The van der Waals surface area contributed by atoms with Crippen LogP contribution in [-0.2, 0) is 17.8 Å². The number of ether oxygens (including phenoxy) is 2. The van der Waals surface area contributed by atoms with E-state index in [1.807, 2.05) is 24.3 Å². The summed E-state index contributed by atoms with van der Waals surface area (Å²) < 4.78 is 10.5. The lowest BCUT2D eigenvalue weighted by molar-refractivity contribution is -0.116. The second-order valence-electron chi connectivity index (χ2n) is 6.27. The van der Waals surface area contributed by atoms with Gasteiger partial charge in [-0.15, -0.1) is 0 Å². The molecule has 0 saturated heterocycles. The third-order valence-corrected chi connectivity index (χ3v) is 4.46. The van der Waals surface area contributed by atoms with E-state index in [1.54, 1.807) is 38.3 Å². The van der Waals surface area contributed by atoms with Gasteiger partial charge in [0.25, 0.3) is 5.91 Å². The predicted octanol–water partition coefficient (Wildman–Crippen LogP) is 2.86. The zero-order valence-electron chi connectivity index (χ0n) is 15.2. The Morgan fingerprint density at radius 1 is 1.08 bits per heavy atom. The lowest BCUT2D eigenvalue weighted by Crippen LogP contribution is -2.27. The summed E-state index contributed by atoms with van der Waals surface area (Å²) >= 11 is 0. The van der Waals surface area contributed by atoms with E-state index in [1.165, 1.54) is 0 Å². The Labute approximate surface area is 152 Å². The predicted molar refractivity (Wildman–Crippen MR) is 98.7 cm³/mol. The van der Waals surface area contributed by atoms with Gasteiger partial charge in [-0.25, -0.2) is 0 Å². The first-order valence-electron chi connectivity index (χ1n) is 8.41. The number of fused-ring (bicyclic) bond motifs is 1. The molecule has 0 aromatic heterocycles. The lowest BCUT2D eigenvalue weighted by Gasteiger charge is -2.21. The Bertz CT molecular complexity index is 848. The monoisotopic (exact) mass is 354 g/mol. The number of amides is 2. The Kier molecular flexibility index (Phi) is 5.11. The molecule has 0 bridgehead atoms. The molecule has 136 valence electrons. The van der Waals surface area contributed by atoms with Gasteiger partial charge < -0.3 is 19.7 Å². The van der Waals surface area contributed by atoms with Gasteiger partial charge in [-0.05, 0) is 47.9 Å². The van der Waals surface area contributed by atoms with Crippen molar-refractivity contribution in [2.75, 3.05) is 26.6 Å². The maximum absolute atomic E-state index is 12.8. The molecule has 1 aliphatic rings. The molecule has 0 unspecified atom stereocenters. The van der Waals surface area contributed by atoms with Gasteiger partial charge in [-0.3, -0.25) is 9.59 Å². The summed E-state index contributed by atoms with van der Waals surface area (Å²) in [4.78, 5) is 25.9. The molecule has 6 nitrogen and oxygen atoms in total. The minimum absolute atomic E-state index is 0.0159. The minimum atomic E-state index is -0.0699. The van der Waals surface area contributed by atoms with Gasteiger partial charge in [-0.2, -0.15) is 0 Å². The second-order valence-corrected chi connectivity index (χ2v) is 6.27. The largest absolute Gasteiger partial charge is 0.493 e. The maximum atomic E-state index is 12.8. The molecule has 0 radical (unpaired) electrons. The summed E-state index contributed by atoms with van der Waals surface area (Å²) in [5.74, 6) is 1.24. The Hall–Kier alpha value is -3.02. The zero-order chi connectivity index (χ0) is 18.7. The maximum Gasteiger partial charge on any atom is 0.253 e. The molecule has 1 aliphatic heterocycles. The number of nitrogens with one attached hydrogen (secondary N) is 1. The molecule has 0 fully saturated rings. The SMILES string of the molecule is COc1ccc(CN(C)C(=O)c2ccc3c(c2)CCC(=O)N3)cc1OC. The van der Waals surface area contributed by atoms with Crippen LogP contribution < -0.4 is 14.8 Å². The molecule has 6 heteroatoms. The lowest BCUT2D eigenvalue weighted by atomic mass is 10.00. The highest BCUT2D eigenvalue weighted by Crippen LogP contribution is 2.28. The van der Waals surface area contributed by atoms with Crippen LogP contribution >= 0.6 is 0 Å². The van der Waals surface area contributed by atoms with Gasteiger partial charge in [0.1, 0.15) is 0 Å². The van der Waals surface area contributed by atoms with Crippen LogP contribution in [-0.4, -0.2) is 38.0 Å². The summed E-state index contributed by atoms with van der Waals surface area (Å²) in [5.41, 5.74) is 3.35. The molecule has 2 aromatic carbocycles. The van der Waals surface area contributed by atoms with E-state index in [4.69, 9.17) is 9.47 Å². The molecule has 2 aromatic rings. The molecule has 2 amide bonds. The summed E-state index contributed by atoms with van der Waals surface area (Å²) in [6.45, 7) is 0.451. The van der Waals surface area contributed by atoms with Crippen molar-refractivity contribution in [2.24, 2.45) is 0 Å². The Morgan fingerprint density at radius 2 is 1.85 bits per heavy atom. The fourth-order valence-corrected chi connectivity index (χ4v) is 3.06. The van der Waals surface area contributed by atoms with Crippen LogP contribution in [0.5, 0.6) is 11.5 Å². The van der Waals surface area contributed by atoms with Gasteiger partial charge in [0.15, 0.2) is 11.5 Å². The van der Waals surface area contributed by atoms with Crippen LogP contribution in [0.15, 0.2) is 36.4 Å². The number of carbonyl (C=O) groups excluding carboxylic acids is 2. The Morgan fingerprint density at radius 3 is 2.58 bits per heavy atom. The van der Waals surface area contributed by atoms with Gasteiger partial charge in [0.05, 0.1) is 14.2 Å². The summed E-state index contributed by atoms with van der Waals surface area (Å²) in [6, 6.07) is 11.0. The number of carbonyl (C=O) groups is 2. The quantitative estimate of drug-likeness (QED) is 0.896. The van der Waals surface area contributed by atoms with Crippen molar-refractivity contribution in [3.05, 3.63) is 53.1 Å². The first-order valence-corrected chi connectivity index (χ1v) is 8.41. The molecule has 1 N–H and O–H groups in total. The van der Waals surface area contributed by atoms with Crippen molar-refractivity contribution in [3.8, 4) is 11.5 Å². The van der Waals surface area contributed by atoms with Crippen molar-refractivity contribution in [2.45, 2.75) is 19.4 Å². The average Bonchev–Trinajstić information content (AvgIpc) is 2.66. The molecular weight excluding hydrogens is 332 g/mol. The summed E-state index contributed by atoms with van der Waals surface area (Å²) in [7, 11) is 4.94. The van der Waals surface area contributed by atoms with E-state index in [2.05, 4.69) is 5.32 Å². The van der Waals surface area contributed by atoms with Crippen molar-refractivity contribution < 1.29 is 19.1 Å². The van der Waals surface area contributed by atoms with Gasteiger partial charge in [0, 0.05) is 31.3 Å². The number of benzene rings is 2. The first kappa shape index (κ1) is 17.8. The number of hydrogen-bond acceptors (Lipinski definition) is 4. The van der Waals surface area contributed by atoms with Crippen molar-refractivity contribution in [1.82, 2.24) is 4.90 Å². The van der Waals surface area contributed by atoms with Crippen molar-refractivity contribution in [3.63, 3.8) is 0 Å². The van der Waals surface area contributed by atoms with Crippen LogP contribution in [0.25, 0.3) is 0 Å². The second kappa shape index (κ2) is 7.47. The third kappa shape index (κ3) is 3.64.